The number of hydrogen-bond donors (Lipinski definition) is 3. The van der Waals surface area contributed by atoms with Crippen molar-refractivity contribution in [3.8, 4) is 0 Å². The Labute approximate surface area is 128 Å². The van der Waals surface area contributed by atoms with Crippen LogP contribution in [0.2, 0.25) is 0 Å². The zero-order chi connectivity index (χ0) is 15.3. The van der Waals surface area contributed by atoms with Gasteiger partial charge in [-0.2, -0.15) is 0 Å². The van der Waals surface area contributed by atoms with E-state index in [4.69, 9.17) is 5.73 Å². The quantitative estimate of drug-likeness (QED) is 0.728. The molecule has 1 aliphatic carbocycles. The maximum atomic E-state index is 12.1. The molecule has 116 valence electrons. The number of carbonyl (C=O) groups excluding carboxylic acids is 1. The lowest BCUT2D eigenvalue weighted by Crippen LogP contribution is -2.45. The summed E-state index contributed by atoms with van der Waals surface area (Å²) in [5.41, 5.74) is 5.07. The number of nitrogens with one attached hydrogen (secondary N) is 1. The smallest absolute Gasteiger partial charge is 0.311 e. The molecule has 0 spiro atoms. The highest BCUT2D eigenvalue weighted by molar-refractivity contribution is 7.10. The second-order valence-corrected chi connectivity index (χ2v) is 6.69. The molecule has 1 amide bonds. The number of carboxylic acids is 1. The van der Waals surface area contributed by atoms with E-state index in [0.717, 1.165) is 30.6 Å². The Morgan fingerprint density at radius 1 is 1.33 bits per heavy atom. The molecule has 1 saturated carbocycles. The van der Waals surface area contributed by atoms with Crippen molar-refractivity contribution in [2.45, 2.75) is 44.6 Å². The molecule has 1 fully saturated rings. The fraction of sp³-hybridized carbons (Fsp3) is 0.600. The molecule has 0 radical (unpaired) electrons. The first kappa shape index (κ1) is 16.0. The summed E-state index contributed by atoms with van der Waals surface area (Å²) in [6, 6.07) is 2.94. The lowest BCUT2D eigenvalue weighted by molar-refractivity contribution is -0.149. The van der Waals surface area contributed by atoms with Crippen molar-refractivity contribution in [1.29, 1.82) is 0 Å². The van der Waals surface area contributed by atoms with Crippen molar-refractivity contribution < 1.29 is 14.7 Å². The summed E-state index contributed by atoms with van der Waals surface area (Å²) >= 11 is 1.43. The maximum Gasteiger partial charge on any atom is 0.311 e. The number of amides is 1. The summed E-state index contributed by atoms with van der Waals surface area (Å²) in [4.78, 5) is 24.6. The Kier molecular flexibility index (Phi) is 5.36. The Balaban J connectivity index is 1.98. The van der Waals surface area contributed by atoms with E-state index in [2.05, 4.69) is 5.32 Å². The van der Waals surface area contributed by atoms with E-state index in [0.29, 0.717) is 12.8 Å². The molecule has 0 saturated heterocycles. The van der Waals surface area contributed by atoms with Gasteiger partial charge in [-0.1, -0.05) is 31.7 Å². The van der Waals surface area contributed by atoms with Gasteiger partial charge in [-0.3, -0.25) is 9.59 Å². The molecule has 1 aromatic rings. The summed E-state index contributed by atoms with van der Waals surface area (Å²) in [6.45, 7) is 0.167. The van der Waals surface area contributed by atoms with Gasteiger partial charge >= 0.3 is 5.97 Å². The molecule has 0 aliphatic heterocycles. The van der Waals surface area contributed by atoms with Crippen LogP contribution in [0.15, 0.2) is 17.5 Å². The van der Waals surface area contributed by atoms with Gasteiger partial charge in [0.1, 0.15) is 6.04 Å². The minimum Gasteiger partial charge on any atom is -0.481 e. The number of hydrogen-bond acceptors (Lipinski definition) is 4. The highest BCUT2D eigenvalue weighted by Crippen LogP contribution is 2.35. The third kappa shape index (κ3) is 3.83. The minimum absolute atomic E-state index is 0.167. The second-order valence-electron chi connectivity index (χ2n) is 5.71. The SMILES string of the molecule is NC(C(=O)NCC1(C(=O)O)CCCCCC1)c1cccs1. The number of nitrogens with two attached hydrogens (primary N) is 1. The largest absolute Gasteiger partial charge is 0.481 e. The monoisotopic (exact) mass is 310 g/mol. The highest BCUT2D eigenvalue weighted by atomic mass is 32.1. The van der Waals surface area contributed by atoms with Gasteiger partial charge in [0.05, 0.1) is 5.41 Å². The maximum absolute atomic E-state index is 12.1. The third-order valence-corrected chi connectivity index (χ3v) is 5.20. The predicted octanol–water partition coefficient (Wildman–Crippen LogP) is 2.29. The number of carboxylic acid groups (broad SMARTS) is 1. The Hall–Kier alpha value is -1.40. The van der Waals surface area contributed by atoms with E-state index >= 15 is 0 Å². The Bertz CT molecular complexity index is 479. The molecular weight excluding hydrogens is 288 g/mol. The van der Waals surface area contributed by atoms with E-state index in [1.165, 1.54) is 11.3 Å². The molecule has 0 aromatic carbocycles. The zero-order valence-corrected chi connectivity index (χ0v) is 12.8. The number of thiophene rings is 1. The Morgan fingerprint density at radius 3 is 2.52 bits per heavy atom. The van der Waals surface area contributed by atoms with Gasteiger partial charge in [0.2, 0.25) is 5.91 Å². The lowest BCUT2D eigenvalue weighted by atomic mass is 9.80. The molecule has 2 rings (SSSR count). The molecule has 5 nitrogen and oxygen atoms in total. The lowest BCUT2D eigenvalue weighted by Gasteiger charge is -2.28. The van der Waals surface area contributed by atoms with Crippen molar-refractivity contribution in [1.82, 2.24) is 5.32 Å². The van der Waals surface area contributed by atoms with Gasteiger partial charge in [0, 0.05) is 11.4 Å². The van der Waals surface area contributed by atoms with Crippen molar-refractivity contribution in [3.05, 3.63) is 22.4 Å². The normalized spacial score (nSPS) is 19.5. The van der Waals surface area contributed by atoms with E-state index < -0.39 is 17.4 Å². The van der Waals surface area contributed by atoms with Crippen LogP contribution in [0, 0.1) is 5.41 Å². The minimum atomic E-state index is -0.832. The van der Waals surface area contributed by atoms with Crippen LogP contribution in [-0.2, 0) is 9.59 Å². The summed E-state index contributed by atoms with van der Waals surface area (Å²) in [5.74, 6) is -1.11. The molecule has 1 aliphatic rings. The van der Waals surface area contributed by atoms with Crippen LogP contribution in [0.1, 0.15) is 49.4 Å². The van der Waals surface area contributed by atoms with Gasteiger partial charge in [-0.25, -0.2) is 0 Å². The summed E-state index contributed by atoms with van der Waals surface area (Å²) in [6.07, 6.45) is 5.18. The topological polar surface area (TPSA) is 92.4 Å². The number of rotatable bonds is 5. The van der Waals surface area contributed by atoms with E-state index in [9.17, 15) is 14.7 Å². The fourth-order valence-corrected chi connectivity index (χ4v) is 3.56. The summed E-state index contributed by atoms with van der Waals surface area (Å²) < 4.78 is 0. The van der Waals surface area contributed by atoms with Gasteiger partial charge in [-0.05, 0) is 24.3 Å². The summed E-state index contributed by atoms with van der Waals surface area (Å²) in [5, 5.41) is 14.2. The van der Waals surface area contributed by atoms with Gasteiger partial charge in [0.15, 0.2) is 0 Å². The van der Waals surface area contributed by atoms with Crippen molar-refractivity contribution >= 4 is 23.2 Å². The van der Waals surface area contributed by atoms with Crippen molar-refractivity contribution in [2.75, 3.05) is 6.54 Å². The summed E-state index contributed by atoms with van der Waals surface area (Å²) in [7, 11) is 0. The standard InChI is InChI=1S/C15H22N2O3S/c16-12(11-6-5-9-21-11)13(18)17-10-15(14(19)20)7-3-1-2-4-8-15/h5-6,9,12H,1-4,7-8,10,16H2,(H,17,18)(H,19,20). The van der Waals surface area contributed by atoms with E-state index in [1.54, 1.807) is 0 Å². The number of carbonyl (C=O) groups is 2. The van der Waals surface area contributed by atoms with Crippen LogP contribution in [0.3, 0.4) is 0 Å². The third-order valence-electron chi connectivity index (χ3n) is 4.25. The van der Waals surface area contributed by atoms with Crippen LogP contribution in [-0.4, -0.2) is 23.5 Å². The second kappa shape index (κ2) is 7.04. The zero-order valence-electron chi connectivity index (χ0n) is 12.0. The first-order chi connectivity index (χ1) is 10.1. The first-order valence-electron chi connectivity index (χ1n) is 7.35. The number of aliphatic carboxylic acids is 1. The highest BCUT2D eigenvalue weighted by Gasteiger charge is 2.39. The molecule has 6 heteroatoms. The average Bonchev–Trinajstić information content (AvgIpc) is 2.89. The average molecular weight is 310 g/mol. The van der Waals surface area contributed by atoms with Crippen molar-refractivity contribution in [3.63, 3.8) is 0 Å². The van der Waals surface area contributed by atoms with E-state index in [-0.39, 0.29) is 12.5 Å². The fourth-order valence-electron chi connectivity index (χ4n) is 2.84. The van der Waals surface area contributed by atoms with Crippen LogP contribution in [0.4, 0.5) is 0 Å². The van der Waals surface area contributed by atoms with Crippen molar-refractivity contribution in [2.24, 2.45) is 11.1 Å². The van der Waals surface area contributed by atoms with Gasteiger partial charge < -0.3 is 16.2 Å². The van der Waals surface area contributed by atoms with Gasteiger partial charge in [0.25, 0.3) is 0 Å². The van der Waals surface area contributed by atoms with Crippen LogP contribution < -0.4 is 11.1 Å². The molecule has 1 atom stereocenters. The molecule has 21 heavy (non-hydrogen) atoms. The molecule has 0 bridgehead atoms. The van der Waals surface area contributed by atoms with E-state index in [1.807, 2.05) is 17.5 Å². The molecule has 1 aromatic heterocycles. The predicted molar refractivity (Wildman–Crippen MR) is 82.0 cm³/mol. The molecule has 4 N–H and O–H groups in total. The molecule has 1 unspecified atom stereocenters. The molecule has 1 heterocycles. The van der Waals surface area contributed by atoms with Crippen LogP contribution >= 0.6 is 11.3 Å². The first-order valence-corrected chi connectivity index (χ1v) is 8.23. The molecular formula is C15H22N2O3S. The van der Waals surface area contributed by atoms with Crippen LogP contribution in [0.5, 0.6) is 0 Å². The van der Waals surface area contributed by atoms with Gasteiger partial charge in [-0.15, -0.1) is 11.3 Å². The Morgan fingerprint density at radius 2 is 2.00 bits per heavy atom. The van der Waals surface area contributed by atoms with Crippen LogP contribution in [0.25, 0.3) is 0 Å².